The van der Waals surface area contributed by atoms with Crippen LogP contribution in [0.25, 0.3) is 0 Å². The van der Waals surface area contributed by atoms with Gasteiger partial charge >= 0.3 is 0 Å². The van der Waals surface area contributed by atoms with E-state index >= 15 is 0 Å². The van der Waals surface area contributed by atoms with E-state index in [9.17, 15) is 4.79 Å². The average Bonchev–Trinajstić information content (AvgIpc) is 3.38. The summed E-state index contributed by atoms with van der Waals surface area (Å²) in [5, 5.41) is 0. The number of allylic oxidation sites excluding steroid dienone is 2. The summed E-state index contributed by atoms with van der Waals surface area (Å²) in [7, 11) is 0. The van der Waals surface area contributed by atoms with E-state index in [1.165, 1.54) is 37.9 Å². The van der Waals surface area contributed by atoms with Crippen LogP contribution in [-0.2, 0) is 11.2 Å². The lowest BCUT2D eigenvalue weighted by Crippen LogP contribution is -2.48. The maximum absolute atomic E-state index is 13.2. The van der Waals surface area contributed by atoms with Crippen molar-refractivity contribution in [1.82, 2.24) is 9.80 Å². The summed E-state index contributed by atoms with van der Waals surface area (Å²) in [4.78, 5) is 18.0. The summed E-state index contributed by atoms with van der Waals surface area (Å²) in [6, 6.07) is 10.8. The molecule has 0 radical (unpaired) electrons. The molecule has 0 spiro atoms. The van der Waals surface area contributed by atoms with E-state index in [1.807, 2.05) is 0 Å². The van der Waals surface area contributed by atoms with Crippen molar-refractivity contribution >= 4 is 5.91 Å². The molecule has 3 nitrogen and oxygen atoms in total. The van der Waals surface area contributed by atoms with E-state index < -0.39 is 0 Å². The highest BCUT2D eigenvalue weighted by atomic mass is 16.2. The van der Waals surface area contributed by atoms with E-state index in [-0.39, 0.29) is 5.92 Å². The number of carbonyl (C=O) groups is 1. The topological polar surface area (TPSA) is 23.6 Å². The summed E-state index contributed by atoms with van der Waals surface area (Å²) in [6.45, 7) is 5.34. The van der Waals surface area contributed by atoms with E-state index in [4.69, 9.17) is 0 Å². The summed E-state index contributed by atoms with van der Waals surface area (Å²) in [6.07, 6.45) is 13.4. The van der Waals surface area contributed by atoms with Gasteiger partial charge in [-0.05, 0) is 80.7 Å². The van der Waals surface area contributed by atoms with Crippen LogP contribution in [0.4, 0.5) is 0 Å². The van der Waals surface area contributed by atoms with Crippen molar-refractivity contribution in [3.8, 4) is 0 Å². The molecule has 1 aromatic carbocycles. The summed E-state index contributed by atoms with van der Waals surface area (Å²) >= 11 is 0. The van der Waals surface area contributed by atoms with Crippen molar-refractivity contribution in [3.05, 3.63) is 48.0 Å². The molecule has 156 valence electrons. The minimum atomic E-state index is 0.239. The lowest BCUT2D eigenvalue weighted by molar-refractivity contribution is -0.138. The zero-order valence-corrected chi connectivity index (χ0v) is 17.7. The molecular weight excluding hydrogens is 356 g/mol. The van der Waals surface area contributed by atoms with Crippen LogP contribution in [0.3, 0.4) is 0 Å². The van der Waals surface area contributed by atoms with Crippen LogP contribution in [0.2, 0.25) is 0 Å². The molecule has 2 heterocycles. The van der Waals surface area contributed by atoms with Gasteiger partial charge < -0.3 is 9.80 Å². The molecule has 29 heavy (non-hydrogen) atoms. The Morgan fingerprint density at radius 2 is 1.79 bits per heavy atom. The second kappa shape index (κ2) is 8.63. The number of nitrogens with zero attached hydrogens (tertiary/aromatic N) is 2. The Balaban J connectivity index is 1.09. The minimum absolute atomic E-state index is 0.239. The summed E-state index contributed by atoms with van der Waals surface area (Å²) in [5.74, 6) is 3.93. The molecule has 2 aliphatic heterocycles. The lowest BCUT2D eigenvalue weighted by Gasteiger charge is -2.39. The van der Waals surface area contributed by atoms with E-state index in [0.717, 1.165) is 69.0 Å². The normalized spacial score (nSPS) is 32.8. The molecule has 2 aliphatic carbocycles. The molecule has 3 fully saturated rings. The van der Waals surface area contributed by atoms with Crippen molar-refractivity contribution in [1.29, 1.82) is 0 Å². The first-order chi connectivity index (χ1) is 14.2. The van der Waals surface area contributed by atoms with Crippen molar-refractivity contribution < 1.29 is 4.79 Å². The largest absolute Gasteiger partial charge is 0.342 e. The van der Waals surface area contributed by atoms with Crippen LogP contribution in [0.1, 0.15) is 44.1 Å². The van der Waals surface area contributed by atoms with Crippen LogP contribution in [0, 0.1) is 29.6 Å². The standard InChI is InChI=1S/C26H36N2O/c29-26(28-13-10-21(11-14-28)15-20-5-2-1-3-6-20)24-7-4-12-27(18-24)19-25-17-22-8-9-23(25)16-22/h1-3,5-6,8-9,21-25H,4,7,10-19H2/t22-,23-,24-,25+/m1/s1. The van der Waals surface area contributed by atoms with Gasteiger partial charge in [-0.3, -0.25) is 4.79 Å². The highest BCUT2D eigenvalue weighted by Gasteiger charge is 2.38. The SMILES string of the molecule is O=C([C@@H]1CCCN(C[C@@H]2C[C@@H]3C=C[C@@H]2C3)C1)N1CCC(Cc2ccccc2)CC1. The lowest BCUT2D eigenvalue weighted by atomic mass is 9.88. The van der Waals surface area contributed by atoms with E-state index in [0.29, 0.717) is 5.91 Å². The van der Waals surface area contributed by atoms with Gasteiger partial charge in [-0.2, -0.15) is 0 Å². The fourth-order valence-electron chi connectivity index (χ4n) is 6.42. The third-order valence-electron chi connectivity index (χ3n) is 8.06. The Kier molecular flexibility index (Phi) is 5.76. The summed E-state index contributed by atoms with van der Waals surface area (Å²) in [5.41, 5.74) is 1.44. The predicted octanol–water partition coefficient (Wildman–Crippen LogP) is 4.39. The van der Waals surface area contributed by atoms with E-state index in [2.05, 4.69) is 52.3 Å². The molecule has 0 unspecified atom stereocenters. The van der Waals surface area contributed by atoms with Crippen LogP contribution >= 0.6 is 0 Å². The molecule has 0 N–H and O–H groups in total. The first-order valence-corrected chi connectivity index (χ1v) is 12.0. The number of likely N-dealkylation sites (tertiary alicyclic amines) is 2. The predicted molar refractivity (Wildman–Crippen MR) is 117 cm³/mol. The van der Waals surface area contributed by atoms with Gasteiger partial charge in [0, 0.05) is 26.2 Å². The second-order valence-corrected chi connectivity index (χ2v) is 10.1. The van der Waals surface area contributed by atoms with Crippen LogP contribution < -0.4 is 0 Å². The van der Waals surface area contributed by atoms with Crippen LogP contribution in [0.5, 0.6) is 0 Å². The van der Waals surface area contributed by atoms with E-state index in [1.54, 1.807) is 0 Å². The van der Waals surface area contributed by atoms with Gasteiger partial charge in [0.05, 0.1) is 5.92 Å². The zero-order valence-electron chi connectivity index (χ0n) is 17.7. The molecule has 1 aromatic rings. The number of hydrogen-bond donors (Lipinski definition) is 0. The molecular formula is C26H36N2O. The first kappa shape index (κ1) is 19.4. The van der Waals surface area contributed by atoms with Crippen molar-refractivity contribution in [2.75, 3.05) is 32.7 Å². The quantitative estimate of drug-likeness (QED) is 0.694. The number of hydrogen-bond acceptors (Lipinski definition) is 2. The van der Waals surface area contributed by atoms with Gasteiger partial charge in [0.25, 0.3) is 0 Å². The van der Waals surface area contributed by atoms with Crippen molar-refractivity contribution in [2.45, 2.75) is 44.9 Å². The fourth-order valence-corrected chi connectivity index (χ4v) is 6.42. The molecule has 4 aliphatic rings. The van der Waals surface area contributed by atoms with Crippen LogP contribution in [-0.4, -0.2) is 48.4 Å². The maximum Gasteiger partial charge on any atom is 0.226 e. The van der Waals surface area contributed by atoms with Gasteiger partial charge in [0.15, 0.2) is 0 Å². The number of rotatable bonds is 5. The monoisotopic (exact) mass is 392 g/mol. The molecule has 3 heteroatoms. The molecule has 2 saturated heterocycles. The molecule has 1 saturated carbocycles. The van der Waals surface area contributed by atoms with Gasteiger partial charge in [0.1, 0.15) is 0 Å². The third kappa shape index (κ3) is 4.45. The number of fused-ring (bicyclic) bond motifs is 2. The Labute approximate surface area is 176 Å². The zero-order chi connectivity index (χ0) is 19.6. The third-order valence-corrected chi connectivity index (χ3v) is 8.06. The highest BCUT2D eigenvalue weighted by molar-refractivity contribution is 5.79. The van der Waals surface area contributed by atoms with Gasteiger partial charge in [-0.1, -0.05) is 42.5 Å². The van der Waals surface area contributed by atoms with Gasteiger partial charge in [-0.15, -0.1) is 0 Å². The highest BCUT2D eigenvalue weighted by Crippen LogP contribution is 2.44. The smallest absolute Gasteiger partial charge is 0.226 e. The number of piperidine rings is 2. The molecule has 0 aromatic heterocycles. The Morgan fingerprint density at radius 1 is 0.966 bits per heavy atom. The van der Waals surface area contributed by atoms with Crippen molar-refractivity contribution in [2.24, 2.45) is 29.6 Å². The Hall–Kier alpha value is -1.61. The number of amides is 1. The number of benzene rings is 1. The Bertz CT molecular complexity index is 721. The molecule has 5 rings (SSSR count). The van der Waals surface area contributed by atoms with Crippen molar-refractivity contribution in [3.63, 3.8) is 0 Å². The number of carbonyl (C=O) groups excluding carboxylic acids is 1. The molecule has 1 amide bonds. The summed E-state index contributed by atoms with van der Waals surface area (Å²) < 4.78 is 0. The fraction of sp³-hybridized carbons (Fsp3) is 0.654. The molecule has 2 bridgehead atoms. The second-order valence-electron chi connectivity index (χ2n) is 10.1. The average molecular weight is 393 g/mol. The maximum atomic E-state index is 13.2. The molecule has 4 atom stereocenters. The van der Waals surface area contributed by atoms with Gasteiger partial charge in [-0.25, -0.2) is 0 Å². The van der Waals surface area contributed by atoms with Crippen LogP contribution in [0.15, 0.2) is 42.5 Å². The van der Waals surface area contributed by atoms with Gasteiger partial charge in [0.2, 0.25) is 5.91 Å². The first-order valence-electron chi connectivity index (χ1n) is 12.0. The Morgan fingerprint density at radius 3 is 2.52 bits per heavy atom. The minimum Gasteiger partial charge on any atom is -0.342 e.